The number of hydrogen-bond donors (Lipinski definition) is 3. The van der Waals surface area contributed by atoms with Crippen molar-refractivity contribution < 1.29 is 24.2 Å². The number of ether oxygens (including phenoxy) is 1. The number of benzene rings is 2. The van der Waals surface area contributed by atoms with E-state index in [1.54, 1.807) is 39.8 Å². The number of terminal acetylenes is 1. The van der Waals surface area contributed by atoms with Crippen molar-refractivity contribution in [2.75, 3.05) is 0 Å². The lowest BCUT2D eigenvalue weighted by Gasteiger charge is -2.32. The van der Waals surface area contributed by atoms with Crippen molar-refractivity contribution >= 4 is 17.9 Å². The number of nitrogens with one attached hydrogen (secondary N) is 2. The van der Waals surface area contributed by atoms with Crippen molar-refractivity contribution in [3.63, 3.8) is 0 Å². The van der Waals surface area contributed by atoms with Gasteiger partial charge in [0.25, 0.3) is 5.91 Å². The summed E-state index contributed by atoms with van der Waals surface area (Å²) in [5, 5.41) is 15.5. The largest absolute Gasteiger partial charge is 0.508 e. The number of phenols is 1. The monoisotopic (exact) mass is 507 g/mol. The Kier molecular flexibility index (Phi) is 9.35. The minimum atomic E-state index is -1.21. The Morgan fingerprint density at radius 1 is 1.05 bits per heavy atom. The lowest BCUT2D eigenvalue weighted by molar-refractivity contribution is -0.139. The first-order valence-corrected chi connectivity index (χ1v) is 12.1. The first-order valence-electron chi connectivity index (χ1n) is 12.1. The van der Waals surface area contributed by atoms with Crippen LogP contribution < -0.4 is 10.6 Å². The van der Waals surface area contributed by atoms with E-state index in [0.29, 0.717) is 11.1 Å². The van der Waals surface area contributed by atoms with E-state index in [4.69, 9.17) is 11.2 Å². The normalized spacial score (nSPS) is 13.0. The number of aromatic hydroxyl groups is 1. The summed E-state index contributed by atoms with van der Waals surface area (Å²) in [6.45, 7) is 12.3. The zero-order valence-electron chi connectivity index (χ0n) is 22.6. The van der Waals surface area contributed by atoms with Crippen LogP contribution in [0.4, 0.5) is 4.79 Å². The second-order valence-corrected chi connectivity index (χ2v) is 10.9. The lowest BCUT2D eigenvalue weighted by Crippen LogP contribution is -2.53. The minimum absolute atomic E-state index is 0.0471. The molecule has 2 unspecified atom stereocenters. The van der Waals surface area contributed by atoms with Gasteiger partial charge in [0.05, 0.1) is 0 Å². The Balaban J connectivity index is 2.53. The van der Waals surface area contributed by atoms with Crippen LogP contribution in [-0.2, 0) is 20.7 Å². The van der Waals surface area contributed by atoms with Crippen LogP contribution in [0.3, 0.4) is 0 Å². The average Bonchev–Trinajstić information content (AvgIpc) is 2.76. The number of amides is 3. The number of hydrogen-bond acceptors (Lipinski definition) is 5. The van der Waals surface area contributed by atoms with Crippen LogP contribution in [0.2, 0.25) is 0 Å². The van der Waals surface area contributed by atoms with Gasteiger partial charge < -0.3 is 20.5 Å². The highest BCUT2D eigenvalue weighted by atomic mass is 16.6. The summed E-state index contributed by atoms with van der Waals surface area (Å²) >= 11 is 0. The Hall–Kier alpha value is -3.99. The molecule has 3 N–H and O–H groups in total. The van der Waals surface area contributed by atoms with Crippen molar-refractivity contribution in [2.45, 2.75) is 78.1 Å². The SMILES string of the molecule is C#CN(C(=O)C(Cc1ccccc1)NC(=O)OC(C)(C)C)C(C(=O)NC(C)(C)C)c1ccc(O)c(C)c1. The smallest absolute Gasteiger partial charge is 0.408 e. The maximum absolute atomic E-state index is 13.9. The molecular weight excluding hydrogens is 470 g/mol. The first-order chi connectivity index (χ1) is 17.1. The maximum Gasteiger partial charge on any atom is 0.408 e. The number of carbonyl (C=O) groups excluding carboxylic acids is 3. The van der Waals surface area contributed by atoms with Crippen molar-refractivity contribution in [1.82, 2.24) is 15.5 Å². The molecule has 0 aliphatic heterocycles. The van der Waals surface area contributed by atoms with Crippen molar-refractivity contribution in [1.29, 1.82) is 0 Å². The summed E-state index contributed by atoms with van der Waals surface area (Å²) in [5.74, 6) is -1.11. The fourth-order valence-corrected chi connectivity index (χ4v) is 3.64. The van der Waals surface area contributed by atoms with Crippen molar-refractivity contribution in [3.8, 4) is 18.2 Å². The van der Waals surface area contributed by atoms with Crippen LogP contribution in [0.1, 0.15) is 64.3 Å². The Bertz CT molecular complexity index is 1160. The van der Waals surface area contributed by atoms with E-state index in [0.717, 1.165) is 10.5 Å². The van der Waals surface area contributed by atoms with Gasteiger partial charge in [-0.25, -0.2) is 4.79 Å². The van der Waals surface area contributed by atoms with Crippen LogP contribution in [0.25, 0.3) is 0 Å². The number of phenolic OH excluding ortho intramolecular Hbond substituents is 1. The highest BCUT2D eigenvalue weighted by Crippen LogP contribution is 2.27. The van der Waals surface area contributed by atoms with E-state index in [1.165, 1.54) is 6.07 Å². The average molecular weight is 508 g/mol. The van der Waals surface area contributed by atoms with Gasteiger partial charge in [-0.3, -0.25) is 14.5 Å². The summed E-state index contributed by atoms with van der Waals surface area (Å²) in [7, 11) is 0. The molecule has 8 nitrogen and oxygen atoms in total. The molecule has 0 aliphatic carbocycles. The molecule has 0 saturated carbocycles. The molecule has 0 saturated heterocycles. The third kappa shape index (κ3) is 8.87. The van der Waals surface area contributed by atoms with Crippen molar-refractivity contribution in [3.05, 3.63) is 65.2 Å². The summed E-state index contributed by atoms with van der Waals surface area (Å²) < 4.78 is 5.38. The van der Waals surface area contributed by atoms with E-state index < -0.39 is 41.1 Å². The Morgan fingerprint density at radius 3 is 2.19 bits per heavy atom. The van der Waals surface area contributed by atoms with Gasteiger partial charge in [-0.15, -0.1) is 0 Å². The second-order valence-electron chi connectivity index (χ2n) is 10.9. The summed E-state index contributed by atoms with van der Waals surface area (Å²) in [5.41, 5.74) is 0.324. The standard InChI is InChI=1S/C29H37N3O5/c1-9-32(24(25(34)31-28(3,4)5)21-15-16-23(33)19(2)17-21)26(35)22(18-20-13-11-10-12-14-20)30-27(36)37-29(6,7)8/h1,10-17,22,24,33H,18H2,2-8H3,(H,30,36)(H,31,34). The zero-order chi connectivity index (χ0) is 28.0. The molecular formula is C29H37N3O5. The first kappa shape index (κ1) is 29.2. The number of aryl methyl sites for hydroxylation is 1. The van der Waals surface area contributed by atoms with Gasteiger partial charge in [-0.2, -0.15) is 0 Å². The highest BCUT2D eigenvalue weighted by Gasteiger charge is 2.37. The predicted molar refractivity (Wildman–Crippen MR) is 142 cm³/mol. The summed E-state index contributed by atoms with van der Waals surface area (Å²) in [6, 6.07) is 13.8. The third-order valence-corrected chi connectivity index (χ3v) is 5.19. The van der Waals surface area contributed by atoms with E-state index >= 15 is 0 Å². The molecule has 0 spiro atoms. The number of alkyl carbamates (subject to hydrolysis) is 1. The molecule has 0 bridgehead atoms. The number of rotatable bonds is 7. The van der Waals surface area contributed by atoms with Gasteiger partial charge >= 0.3 is 6.09 Å². The molecule has 2 aromatic rings. The van der Waals surface area contributed by atoms with Gasteiger partial charge in [-0.1, -0.05) is 42.8 Å². The van der Waals surface area contributed by atoms with Gasteiger partial charge in [0.2, 0.25) is 5.91 Å². The van der Waals surface area contributed by atoms with Gasteiger partial charge in [-0.05, 0) is 77.3 Å². The van der Waals surface area contributed by atoms with Crippen LogP contribution in [-0.4, -0.2) is 45.1 Å². The fraction of sp³-hybridized carbons (Fsp3) is 0.414. The maximum atomic E-state index is 13.9. The fourth-order valence-electron chi connectivity index (χ4n) is 3.64. The van der Waals surface area contributed by atoms with Gasteiger partial charge in [0.15, 0.2) is 0 Å². The molecule has 3 amide bonds. The quantitative estimate of drug-likeness (QED) is 0.384. The number of carbonyl (C=O) groups is 3. The molecule has 2 rings (SSSR count). The van der Waals surface area contributed by atoms with Crippen molar-refractivity contribution in [2.24, 2.45) is 0 Å². The zero-order valence-corrected chi connectivity index (χ0v) is 22.6. The molecule has 0 fully saturated rings. The third-order valence-electron chi connectivity index (χ3n) is 5.19. The van der Waals surface area contributed by atoms with Crippen LogP contribution in [0.5, 0.6) is 5.75 Å². The van der Waals surface area contributed by atoms with E-state index in [1.807, 2.05) is 51.1 Å². The molecule has 0 aromatic heterocycles. The molecule has 0 aliphatic rings. The summed E-state index contributed by atoms with van der Waals surface area (Å²) in [4.78, 5) is 41.0. The topological polar surface area (TPSA) is 108 Å². The molecule has 2 aromatic carbocycles. The predicted octanol–water partition coefficient (Wildman–Crippen LogP) is 4.21. The van der Waals surface area contributed by atoms with E-state index in [2.05, 4.69) is 16.7 Å². The molecule has 2 atom stereocenters. The van der Waals surface area contributed by atoms with E-state index in [9.17, 15) is 19.5 Å². The molecule has 0 heterocycles. The molecule has 0 radical (unpaired) electrons. The second kappa shape index (κ2) is 11.8. The Morgan fingerprint density at radius 2 is 1.68 bits per heavy atom. The summed E-state index contributed by atoms with van der Waals surface area (Å²) in [6.07, 6.45) is 5.17. The lowest BCUT2D eigenvalue weighted by atomic mass is 9.98. The van der Waals surface area contributed by atoms with Crippen LogP contribution in [0.15, 0.2) is 48.5 Å². The van der Waals surface area contributed by atoms with Crippen LogP contribution in [0, 0.1) is 19.4 Å². The molecule has 198 valence electrons. The van der Waals surface area contributed by atoms with E-state index in [-0.39, 0.29) is 12.2 Å². The minimum Gasteiger partial charge on any atom is -0.508 e. The molecule has 37 heavy (non-hydrogen) atoms. The highest BCUT2D eigenvalue weighted by molar-refractivity contribution is 5.93. The van der Waals surface area contributed by atoms with Crippen LogP contribution >= 0.6 is 0 Å². The van der Waals surface area contributed by atoms with Gasteiger partial charge in [0.1, 0.15) is 23.4 Å². The Labute approximate surface area is 219 Å². The van der Waals surface area contributed by atoms with Gasteiger partial charge in [0, 0.05) is 18.0 Å². The number of nitrogens with zero attached hydrogens (tertiary/aromatic N) is 1. The molecule has 8 heteroatoms.